The molecule has 1 spiro atoms. The highest BCUT2D eigenvalue weighted by molar-refractivity contribution is 5.90. The summed E-state index contributed by atoms with van der Waals surface area (Å²) in [7, 11) is 0. The van der Waals surface area contributed by atoms with E-state index in [0.29, 0.717) is 25.0 Å². The van der Waals surface area contributed by atoms with Gasteiger partial charge in [0.15, 0.2) is 0 Å². The summed E-state index contributed by atoms with van der Waals surface area (Å²) in [6.45, 7) is 5.68. The first kappa shape index (κ1) is 15.9. The van der Waals surface area contributed by atoms with Crippen LogP contribution in [0.25, 0.3) is 0 Å². The molecular formula is C20H26O4. The minimum Gasteiger partial charge on any atom is -0.465 e. The minimum absolute atomic E-state index is 0.0301. The van der Waals surface area contributed by atoms with E-state index >= 15 is 0 Å². The van der Waals surface area contributed by atoms with Gasteiger partial charge in [-0.05, 0) is 55.4 Å². The fourth-order valence-electron chi connectivity index (χ4n) is 5.70. The van der Waals surface area contributed by atoms with E-state index in [2.05, 4.69) is 26.0 Å². The Kier molecular flexibility index (Phi) is 3.63. The fourth-order valence-corrected chi connectivity index (χ4v) is 5.70. The molecule has 0 aromatic carbocycles. The first-order chi connectivity index (χ1) is 11.5. The summed E-state index contributed by atoms with van der Waals surface area (Å²) in [5.74, 6) is 0.744. The summed E-state index contributed by atoms with van der Waals surface area (Å²) < 4.78 is 10.6. The van der Waals surface area contributed by atoms with E-state index < -0.39 is 0 Å². The van der Waals surface area contributed by atoms with Crippen LogP contribution in [-0.4, -0.2) is 25.2 Å². The number of hydrogen-bond donors (Lipinski definition) is 0. The highest BCUT2D eigenvalue weighted by Gasteiger charge is 2.62. The van der Waals surface area contributed by atoms with Gasteiger partial charge in [0.05, 0.1) is 12.5 Å². The van der Waals surface area contributed by atoms with Crippen LogP contribution in [0.2, 0.25) is 0 Å². The molecule has 2 aliphatic carbocycles. The molecule has 0 aromatic heterocycles. The van der Waals surface area contributed by atoms with Gasteiger partial charge in [0, 0.05) is 11.0 Å². The predicted octanol–water partition coefficient (Wildman–Crippen LogP) is 3.42. The Bertz CT molecular complexity index is 634. The van der Waals surface area contributed by atoms with Crippen molar-refractivity contribution in [2.75, 3.05) is 13.2 Å². The first-order valence-corrected chi connectivity index (χ1v) is 9.17. The van der Waals surface area contributed by atoms with Crippen LogP contribution < -0.4 is 0 Å². The van der Waals surface area contributed by atoms with E-state index in [4.69, 9.17) is 9.47 Å². The SMILES string of the molecule is C[C@@H]1CC[C@@]23COC(=O)[C@@H]2C=CC[C@@H]3[C@@]1(C)CCC1=CCOC1=O. The van der Waals surface area contributed by atoms with Crippen molar-refractivity contribution in [3.8, 4) is 0 Å². The summed E-state index contributed by atoms with van der Waals surface area (Å²) >= 11 is 0. The molecule has 0 N–H and O–H groups in total. The Labute approximate surface area is 143 Å². The van der Waals surface area contributed by atoms with Gasteiger partial charge < -0.3 is 9.47 Å². The van der Waals surface area contributed by atoms with Crippen LogP contribution in [0.4, 0.5) is 0 Å². The number of carbonyl (C=O) groups is 2. The van der Waals surface area contributed by atoms with Gasteiger partial charge in [0.1, 0.15) is 6.61 Å². The number of hydrogen-bond acceptors (Lipinski definition) is 4. The molecule has 2 fully saturated rings. The third kappa shape index (κ3) is 2.11. The highest BCUT2D eigenvalue weighted by Crippen LogP contribution is 2.63. The van der Waals surface area contributed by atoms with Gasteiger partial charge in [-0.2, -0.15) is 0 Å². The van der Waals surface area contributed by atoms with E-state index in [-0.39, 0.29) is 28.7 Å². The van der Waals surface area contributed by atoms with Crippen molar-refractivity contribution >= 4 is 11.9 Å². The third-order valence-corrected chi connectivity index (χ3v) is 7.45. The largest absolute Gasteiger partial charge is 0.465 e. The summed E-state index contributed by atoms with van der Waals surface area (Å²) in [5.41, 5.74) is 0.904. The lowest BCUT2D eigenvalue weighted by Gasteiger charge is -2.57. The van der Waals surface area contributed by atoms with Crippen molar-refractivity contribution in [1.29, 1.82) is 0 Å². The summed E-state index contributed by atoms with van der Waals surface area (Å²) in [6, 6.07) is 0. The van der Waals surface area contributed by atoms with E-state index in [0.717, 1.165) is 37.7 Å². The van der Waals surface area contributed by atoms with E-state index in [9.17, 15) is 9.59 Å². The molecule has 4 nitrogen and oxygen atoms in total. The zero-order valence-electron chi connectivity index (χ0n) is 14.5. The molecule has 1 saturated heterocycles. The number of rotatable bonds is 3. The maximum absolute atomic E-state index is 12.2. The van der Waals surface area contributed by atoms with Gasteiger partial charge in [-0.15, -0.1) is 0 Å². The molecule has 0 aromatic rings. The topological polar surface area (TPSA) is 52.6 Å². The Hall–Kier alpha value is -1.58. The second kappa shape index (κ2) is 5.47. The van der Waals surface area contributed by atoms with Gasteiger partial charge >= 0.3 is 11.9 Å². The Morgan fingerprint density at radius 3 is 2.88 bits per heavy atom. The molecule has 4 aliphatic rings. The van der Waals surface area contributed by atoms with Crippen molar-refractivity contribution in [2.24, 2.45) is 28.6 Å². The van der Waals surface area contributed by atoms with Gasteiger partial charge in [0.2, 0.25) is 0 Å². The quantitative estimate of drug-likeness (QED) is 0.588. The first-order valence-electron chi connectivity index (χ1n) is 9.17. The smallest absolute Gasteiger partial charge is 0.334 e. The molecule has 1 saturated carbocycles. The van der Waals surface area contributed by atoms with E-state index in [1.165, 1.54) is 0 Å². The summed E-state index contributed by atoms with van der Waals surface area (Å²) in [6.07, 6.45) is 11.1. The fraction of sp³-hybridized carbons (Fsp3) is 0.700. The zero-order chi connectivity index (χ0) is 16.9. The molecule has 4 rings (SSSR count). The minimum atomic E-state index is -0.155. The van der Waals surface area contributed by atoms with E-state index in [1.54, 1.807) is 0 Å². The van der Waals surface area contributed by atoms with Crippen LogP contribution in [-0.2, 0) is 19.1 Å². The molecule has 24 heavy (non-hydrogen) atoms. The monoisotopic (exact) mass is 330 g/mol. The van der Waals surface area contributed by atoms with Crippen molar-refractivity contribution in [3.63, 3.8) is 0 Å². The average molecular weight is 330 g/mol. The second-order valence-corrected chi connectivity index (χ2v) is 8.31. The Morgan fingerprint density at radius 1 is 1.29 bits per heavy atom. The molecule has 5 atom stereocenters. The zero-order valence-corrected chi connectivity index (χ0v) is 14.5. The van der Waals surface area contributed by atoms with Gasteiger partial charge in [-0.1, -0.05) is 26.0 Å². The van der Waals surface area contributed by atoms with Crippen LogP contribution in [0.3, 0.4) is 0 Å². The van der Waals surface area contributed by atoms with Gasteiger partial charge in [-0.25, -0.2) is 4.79 Å². The van der Waals surface area contributed by atoms with Crippen molar-refractivity contribution in [3.05, 3.63) is 23.8 Å². The highest BCUT2D eigenvalue weighted by atomic mass is 16.5. The number of allylic oxidation sites excluding steroid dienone is 1. The molecule has 0 unspecified atom stereocenters. The average Bonchev–Trinajstić information content (AvgIpc) is 3.13. The predicted molar refractivity (Wildman–Crippen MR) is 88.9 cm³/mol. The van der Waals surface area contributed by atoms with Gasteiger partial charge in [-0.3, -0.25) is 4.79 Å². The number of carbonyl (C=O) groups excluding carboxylic acids is 2. The second-order valence-electron chi connectivity index (χ2n) is 8.31. The lowest BCUT2D eigenvalue weighted by molar-refractivity contribution is -0.140. The maximum atomic E-state index is 12.2. The molecule has 2 aliphatic heterocycles. The summed E-state index contributed by atoms with van der Waals surface area (Å²) in [5, 5.41) is 0. The van der Waals surface area contributed by atoms with Crippen LogP contribution in [0.5, 0.6) is 0 Å². The lowest BCUT2D eigenvalue weighted by Crippen LogP contribution is -2.53. The molecule has 0 radical (unpaired) electrons. The number of cyclic esters (lactones) is 2. The molecule has 0 bridgehead atoms. The molecular weight excluding hydrogens is 304 g/mol. The Morgan fingerprint density at radius 2 is 2.12 bits per heavy atom. The van der Waals surface area contributed by atoms with Crippen LogP contribution >= 0.6 is 0 Å². The van der Waals surface area contributed by atoms with Crippen LogP contribution in [0.15, 0.2) is 23.8 Å². The third-order valence-electron chi connectivity index (χ3n) is 7.45. The van der Waals surface area contributed by atoms with Crippen molar-refractivity contribution < 1.29 is 19.1 Å². The van der Waals surface area contributed by atoms with Crippen molar-refractivity contribution in [2.45, 2.75) is 46.0 Å². The molecule has 130 valence electrons. The molecule has 0 amide bonds. The normalized spacial score (nSPS) is 43.8. The number of esters is 2. The lowest BCUT2D eigenvalue weighted by atomic mass is 9.46. The molecule has 4 heteroatoms. The number of ether oxygens (including phenoxy) is 2. The van der Waals surface area contributed by atoms with Crippen molar-refractivity contribution in [1.82, 2.24) is 0 Å². The van der Waals surface area contributed by atoms with E-state index in [1.807, 2.05) is 6.08 Å². The van der Waals surface area contributed by atoms with Crippen LogP contribution in [0.1, 0.15) is 46.0 Å². The standard InChI is InChI=1S/C20H26O4/c1-13-6-10-20-12-24-18(22)15(20)4-3-5-16(20)19(13,2)9-7-14-8-11-23-17(14)21/h3-4,8,13,15-16H,5-7,9-12H2,1-2H3/t13-,15+,16-,19+,20-/m1/s1. The maximum Gasteiger partial charge on any atom is 0.334 e. The Balaban J connectivity index is 1.62. The summed E-state index contributed by atoms with van der Waals surface area (Å²) in [4.78, 5) is 24.0. The molecule has 2 heterocycles. The van der Waals surface area contributed by atoms with Gasteiger partial charge in [0.25, 0.3) is 0 Å². The van der Waals surface area contributed by atoms with Crippen LogP contribution in [0, 0.1) is 28.6 Å².